The van der Waals surface area contributed by atoms with Crippen molar-refractivity contribution in [3.63, 3.8) is 0 Å². The van der Waals surface area contributed by atoms with E-state index in [0.29, 0.717) is 36.3 Å². The zero-order valence-electron chi connectivity index (χ0n) is 21.9. The maximum absolute atomic E-state index is 13.3. The molecule has 2 saturated heterocycles. The zero-order valence-corrected chi connectivity index (χ0v) is 22.7. The molecule has 5 heterocycles. The number of thiophene rings is 1. The third kappa shape index (κ3) is 4.74. The average molecular weight is 559 g/mol. The van der Waals surface area contributed by atoms with Crippen LogP contribution in [0.1, 0.15) is 35.5 Å². The van der Waals surface area contributed by atoms with E-state index in [1.807, 2.05) is 26.8 Å². The van der Waals surface area contributed by atoms with Gasteiger partial charge in [-0.2, -0.15) is 13.2 Å². The van der Waals surface area contributed by atoms with Crippen LogP contribution in [0, 0.1) is 24.2 Å². The largest absolute Gasteiger partial charge is 0.394 e. The molecule has 3 aromatic rings. The van der Waals surface area contributed by atoms with Crippen LogP contribution in [-0.4, -0.2) is 58.7 Å². The van der Waals surface area contributed by atoms with Crippen molar-refractivity contribution in [2.45, 2.75) is 52.4 Å². The number of nitrogens with zero attached hydrogens (tertiary/aromatic N) is 3. The molecule has 1 N–H and O–H groups in total. The van der Waals surface area contributed by atoms with Gasteiger partial charge < -0.3 is 10.1 Å². The van der Waals surface area contributed by atoms with Crippen molar-refractivity contribution in [1.29, 1.82) is 0 Å². The maximum Gasteiger partial charge on any atom is 0.394 e. The molecule has 1 aliphatic carbocycles. The lowest BCUT2D eigenvalue weighted by Gasteiger charge is -2.25. The average Bonchev–Trinajstić information content (AvgIpc) is 3.10. The Bertz CT molecular complexity index is 1450. The summed E-state index contributed by atoms with van der Waals surface area (Å²) in [7, 11) is 0. The Morgan fingerprint density at radius 2 is 1.95 bits per heavy atom. The molecule has 3 aliphatic rings. The van der Waals surface area contributed by atoms with Crippen LogP contribution in [0.4, 0.5) is 13.2 Å². The number of alkyl halides is 3. The van der Waals surface area contributed by atoms with E-state index in [4.69, 9.17) is 4.74 Å². The van der Waals surface area contributed by atoms with Crippen LogP contribution in [0.25, 0.3) is 21.5 Å². The molecule has 2 unspecified atom stereocenters. The predicted molar refractivity (Wildman–Crippen MR) is 140 cm³/mol. The molecule has 206 valence electrons. The molecule has 11 heteroatoms. The molecule has 0 spiro atoms. The van der Waals surface area contributed by atoms with E-state index >= 15 is 0 Å². The fraction of sp³-hybridized carbons (Fsp3) is 0.500. The number of pyridine rings is 2. The molecule has 7 nitrogen and oxygen atoms in total. The van der Waals surface area contributed by atoms with E-state index in [1.165, 1.54) is 22.3 Å². The number of ether oxygens (including phenoxy) is 1. The lowest BCUT2D eigenvalue weighted by Crippen LogP contribution is -2.39. The smallest absolute Gasteiger partial charge is 0.375 e. The number of morpholine rings is 1. The number of halogens is 3. The summed E-state index contributed by atoms with van der Waals surface area (Å²) in [6.07, 6.45) is -3.50. The summed E-state index contributed by atoms with van der Waals surface area (Å²) in [4.78, 5) is 36.9. The molecule has 0 bridgehead atoms. The first-order valence-electron chi connectivity index (χ1n) is 13.1. The number of fused-ring (bicyclic) bond motifs is 2. The van der Waals surface area contributed by atoms with Crippen LogP contribution in [-0.2, 0) is 33.7 Å². The van der Waals surface area contributed by atoms with Gasteiger partial charge in [-0.25, -0.2) is 0 Å². The number of rotatable bonds is 6. The SMILES string of the molecule is Cc1cc(CC(F)(F)F)nc(-c2ccnc3cc(CN4C(=O)C5C(C4=O)C5(C)C)sc23)c1C[C@@H]1CNCCO1. The molecule has 2 amide bonds. The third-order valence-electron chi connectivity index (χ3n) is 8.14. The van der Waals surface area contributed by atoms with Crippen molar-refractivity contribution in [3.8, 4) is 11.3 Å². The molecule has 3 fully saturated rings. The van der Waals surface area contributed by atoms with Gasteiger partial charge in [0.2, 0.25) is 11.8 Å². The summed E-state index contributed by atoms with van der Waals surface area (Å²) in [5, 5.41) is 3.30. The van der Waals surface area contributed by atoms with E-state index in [9.17, 15) is 22.8 Å². The highest BCUT2D eigenvalue weighted by atomic mass is 32.1. The summed E-state index contributed by atoms with van der Waals surface area (Å²) >= 11 is 1.39. The topological polar surface area (TPSA) is 84.4 Å². The first-order chi connectivity index (χ1) is 18.4. The number of imide groups is 1. The summed E-state index contributed by atoms with van der Waals surface area (Å²) in [5.41, 5.74) is 3.07. The highest BCUT2D eigenvalue weighted by Crippen LogP contribution is 2.63. The van der Waals surface area contributed by atoms with Gasteiger partial charge in [-0.3, -0.25) is 24.5 Å². The summed E-state index contributed by atoms with van der Waals surface area (Å²) in [5.74, 6) is -0.784. The van der Waals surface area contributed by atoms with Gasteiger partial charge in [-0.05, 0) is 41.7 Å². The molecule has 2 aliphatic heterocycles. The van der Waals surface area contributed by atoms with Gasteiger partial charge in [0.25, 0.3) is 0 Å². The second-order valence-corrected chi connectivity index (χ2v) is 12.4. The second-order valence-electron chi connectivity index (χ2n) is 11.3. The number of aromatic nitrogens is 2. The van der Waals surface area contributed by atoms with E-state index in [1.54, 1.807) is 12.3 Å². The number of nitrogens with one attached hydrogen (secondary N) is 1. The van der Waals surface area contributed by atoms with Gasteiger partial charge in [0.05, 0.1) is 59.1 Å². The Kier molecular flexibility index (Phi) is 6.31. The van der Waals surface area contributed by atoms with Gasteiger partial charge in [0, 0.05) is 36.1 Å². The summed E-state index contributed by atoms with van der Waals surface area (Å²) < 4.78 is 46.7. The maximum atomic E-state index is 13.3. The Balaban J connectivity index is 1.38. The normalized spacial score (nSPS) is 24.5. The predicted octanol–water partition coefficient (Wildman–Crippen LogP) is 4.44. The number of amides is 2. The molecule has 3 aromatic heterocycles. The number of aryl methyl sites for hydroxylation is 1. The lowest BCUT2D eigenvalue weighted by atomic mass is 9.95. The second kappa shape index (κ2) is 9.35. The standard InChI is InChI=1S/C28H29F3N4O3S/c1-14-8-15(11-28(29,30)31)34-23(19(14)9-16-12-32-6-7-38-16)18-4-5-33-20-10-17(39-24(18)20)13-35-25(36)21-22(26(35)37)27(21,2)3/h4-5,8,10,16,21-22,32H,6-7,9,11-13H2,1-3H3/t16-,21?,22?/m1/s1. The number of carbonyl (C=O) groups excluding carboxylic acids is 2. The Morgan fingerprint density at radius 1 is 1.21 bits per heavy atom. The first kappa shape index (κ1) is 26.3. The summed E-state index contributed by atoms with van der Waals surface area (Å²) in [6.45, 7) is 7.84. The number of hydrogen-bond acceptors (Lipinski definition) is 7. The molecule has 0 aromatic carbocycles. The Labute approximate surface area is 227 Å². The van der Waals surface area contributed by atoms with Crippen molar-refractivity contribution in [1.82, 2.24) is 20.2 Å². The Hall–Kier alpha value is -2.89. The molecule has 0 radical (unpaired) electrons. The van der Waals surface area contributed by atoms with Crippen LogP contribution in [0.2, 0.25) is 0 Å². The summed E-state index contributed by atoms with van der Waals surface area (Å²) in [6, 6.07) is 5.13. The highest BCUT2D eigenvalue weighted by Gasteiger charge is 2.72. The number of hydrogen-bond donors (Lipinski definition) is 1. The minimum absolute atomic E-state index is 0.0433. The molecule has 1 saturated carbocycles. The van der Waals surface area contributed by atoms with E-state index in [0.717, 1.165) is 27.2 Å². The fourth-order valence-corrected chi connectivity index (χ4v) is 7.21. The van der Waals surface area contributed by atoms with Gasteiger partial charge >= 0.3 is 6.18 Å². The van der Waals surface area contributed by atoms with Crippen LogP contribution >= 0.6 is 11.3 Å². The van der Waals surface area contributed by atoms with Gasteiger partial charge in [0.15, 0.2) is 0 Å². The first-order valence-corrected chi connectivity index (χ1v) is 13.9. The third-order valence-corrected chi connectivity index (χ3v) is 9.28. The molecular formula is C28H29F3N4O3S. The van der Waals surface area contributed by atoms with Crippen molar-refractivity contribution >= 4 is 33.4 Å². The van der Waals surface area contributed by atoms with Crippen LogP contribution in [0.5, 0.6) is 0 Å². The van der Waals surface area contributed by atoms with Gasteiger partial charge in [0.1, 0.15) is 0 Å². The fourth-order valence-electron chi connectivity index (χ4n) is 6.09. The highest BCUT2D eigenvalue weighted by molar-refractivity contribution is 7.19. The van der Waals surface area contributed by atoms with E-state index in [2.05, 4.69) is 15.3 Å². The number of piperidine rings is 1. The van der Waals surface area contributed by atoms with Gasteiger partial charge in [-0.1, -0.05) is 13.8 Å². The van der Waals surface area contributed by atoms with Crippen LogP contribution in [0.3, 0.4) is 0 Å². The molecular weight excluding hydrogens is 529 g/mol. The minimum Gasteiger partial charge on any atom is -0.375 e. The quantitative estimate of drug-likeness (QED) is 0.451. The van der Waals surface area contributed by atoms with Crippen molar-refractivity contribution in [2.24, 2.45) is 17.3 Å². The number of carbonyl (C=O) groups is 2. The van der Waals surface area contributed by atoms with Gasteiger partial charge in [-0.15, -0.1) is 11.3 Å². The van der Waals surface area contributed by atoms with Crippen molar-refractivity contribution < 1.29 is 27.5 Å². The molecule has 39 heavy (non-hydrogen) atoms. The lowest BCUT2D eigenvalue weighted by molar-refractivity contribution is -0.143. The molecule has 3 atom stereocenters. The van der Waals surface area contributed by atoms with Crippen molar-refractivity contribution in [3.05, 3.63) is 46.1 Å². The Morgan fingerprint density at radius 3 is 2.62 bits per heavy atom. The number of likely N-dealkylation sites (tertiary alicyclic amines) is 1. The molecule has 6 rings (SSSR count). The van der Waals surface area contributed by atoms with Crippen molar-refractivity contribution in [2.75, 3.05) is 19.7 Å². The zero-order chi connectivity index (χ0) is 27.7. The van der Waals surface area contributed by atoms with Crippen LogP contribution < -0.4 is 5.32 Å². The minimum atomic E-state index is -4.39. The van der Waals surface area contributed by atoms with Crippen LogP contribution in [0.15, 0.2) is 24.4 Å². The van der Waals surface area contributed by atoms with E-state index < -0.39 is 12.6 Å². The van der Waals surface area contributed by atoms with E-state index in [-0.39, 0.29) is 47.4 Å². The monoisotopic (exact) mass is 558 g/mol.